The number of hydrogen-bond donors (Lipinski definition) is 1. The average molecular weight is 1270 g/mol. The summed E-state index contributed by atoms with van der Waals surface area (Å²) in [6.45, 7) is 4.78. The van der Waals surface area contributed by atoms with Crippen LogP contribution in [-0.2, 0) is 33.3 Å². The van der Waals surface area contributed by atoms with E-state index < -0.39 is 24.3 Å². The van der Waals surface area contributed by atoms with Crippen LogP contribution >= 0.6 is 0 Å². The predicted molar refractivity (Wildman–Crippen MR) is 391 cm³/mol. The van der Waals surface area contributed by atoms with E-state index in [0.29, 0.717) is 23.9 Å². The molecule has 0 radical (unpaired) electrons. The van der Waals surface area contributed by atoms with Crippen LogP contribution in [0.5, 0.6) is 0 Å². The van der Waals surface area contributed by atoms with Gasteiger partial charge in [0.15, 0.2) is 6.10 Å². The molecule has 2 atom stereocenters. The molecule has 9 nitrogen and oxygen atoms in total. The molecule has 0 saturated carbocycles. The van der Waals surface area contributed by atoms with E-state index in [0.717, 1.165) is 122 Å². The molecule has 0 aromatic heterocycles. The van der Waals surface area contributed by atoms with Crippen molar-refractivity contribution in [2.24, 2.45) is 0 Å². The molecular formula is C82H142NO8+. The van der Waals surface area contributed by atoms with Gasteiger partial charge in [0.25, 0.3) is 6.29 Å². The number of allylic oxidation sites excluding steroid dienone is 20. The molecule has 0 aliphatic carbocycles. The first-order chi connectivity index (χ1) is 44.6. The molecule has 2 unspecified atom stereocenters. The van der Waals surface area contributed by atoms with Crippen molar-refractivity contribution in [3.8, 4) is 0 Å². The second-order valence-corrected chi connectivity index (χ2v) is 26.2. The maximum atomic E-state index is 13.0. The smallest absolute Gasteiger partial charge is 0.361 e. The van der Waals surface area contributed by atoms with Crippen molar-refractivity contribution in [1.29, 1.82) is 0 Å². The van der Waals surface area contributed by atoms with E-state index in [9.17, 15) is 19.5 Å². The van der Waals surface area contributed by atoms with Gasteiger partial charge in [-0.05, 0) is 89.9 Å². The summed E-state index contributed by atoms with van der Waals surface area (Å²) in [5.41, 5.74) is 0. The molecule has 0 fully saturated rings. The number of carbonyl (C=O) groups is 3. The van der Waals surface area contributed by atoms with Gasteiger partial charge in [0.05, 0.1) is 34.4 Å². The van der Waals surface area contributed by atoms with Gasteiger partial charge in [0.2, 0.25) is 0 Å². The number of carboxylic acid groups (broad SMARTS) is 1. The first kappa shape index (κ1) is 86.7. The molecule has 0 spiro atoms. The monoisotopic (exact) mass is 1270 g/mol. The van der Waals surface area contributed by atoms with Crippen molar-refractivity contribution >= 4 is 17.9 Å². The van der Waals surface area contributed by atoms with Crippen molar-refractivity contribution in [2.45, 2.75) is 334 Å². The minimum Gasteiger partial charge on any atom is -0.477 e. The van der Waals surface area contributed by atoms with Gasteiger partial charge >= 0.3 is 17.9 Å². The summed E-state index contributed by atoms with van der Waals surface area (Å²) in [4.78, 5) is 37.7. The first-order valence-corrected chi connectivity index (χ1v) is 37.7. The Morgan fingerprint density at radius 1 is 0.341 bits per heavy atom. The Bertz CT molecular complexity index is 1910. The number of ether oxygens (including phenoxy) is 4. The molecule has 0 heterocycles. The minimum absolute atomic E-state index is 0.180. The predicted octanol–water partition coefficient (Wildman–Crippen LogP) is 23.9. The summed E-state index contributed by atoms with van der Waals surface area (Å²) < 4.78 is 23.0. The topological polar surface area (TPSA) is 108 Å². The molecular weight excluding hydrogens is 1130 g/mol. The van der Waals surface area contributed by atoms with Crippen molar-refractivity contribution in [2.75, 3.05) is 47.5 Å². The van der Waals surface area contributed by atoms with Crippen molar-refractivity contribution < 1.29 is 42.9 Å². The minimum atomic E-state index is -1.52. The van der Waals surface area contributed by atoms with Gasteiger partial charge < -0.3 is 28.5 Å². The van der Waals surface area contributed by atoms with Gasteiger partial charge in [-0.2, -0.15) is 0 Å². The van der Waals surface area contributed by atoms with E-state index in [2.05, 4.69) is 135 Å². The number of likely N-dealkylation sites (N-methyl/N-ethyl adjacent to an activating group) is 1. The highest BCUT2D eigenvalue weighted by molar-refractivity contribution is 5.71. The van der Waals surface area contributed by atoms with Crippen LogP contribution in [0.15, 0.2) is 122 Å². The number of nitrogens with zero attached hydrogens (tertiary/aromatic N) is 1. The first-order valence-electron chi connectivity index (χ1n) is 37.7. The number of aliphatic carboxylic acids is 1. The highest BCUT2D eigenvalue weighted by Crippen LogP contribution is 2.18. The van der Waals surface area contributed by atoms with Crippen LogP contribution in [0, 0.1) is 0 Å². The Morgan fingerprint density at radius 2 is 0.626 bits per heavy atom. The number of unbranched alkanes of at least 4 members (excludes halogenated alkanes) is 34. The summed E-state index contributed by atoms with van der Waals surface area (Å²) in [5.74, 6) is -2.02. The lowest BCUT2D eigenvalue weighted by molar-refractivity contribution is -0.870. The third kappa shape index (κ3) is 73.0. The van der Waals surface area contributed by atoms with E-state index in [1.807, 2.05) is 21.1 Å². The summed E-state index contributed by atoms with van der Waals surface area (Å²) in [6, 6.07) is 0. The zero-order valence-corrected chi connectivity index (χ0v) is 59.7. The fourth-order valence-electron chi connectivity index (χ4n) is 10.5. The van der Waals surface area contributed by atoms with Crippen molar-refractivity contribution in [3.63, 3.8) is 0 Å². The Morgan fingerprint density at radius 3 is 0.934 bits per heavy atom. The molecule has 0 saturated heterocycles. The molecule has 91 heavy (non-hydrogen) atoms. The van der Waals surface area contributed by atoms with E-state index >= 15 is 0 Å². The van der Waals surface area contributed by atoms with Crippen LogP contribution < -0.4 is 0 Å². The Kier molecular flexibility index (Phi) is 68.1. The highest BCUT2D eigenvalue weighted by Gasteiger charge is 2.25. The average Bonchev–Trinajstić information content (AvgIpc) is 3.50. The van der Waals surface area contributed by atoms with Gasteiger partial charge in [-0.25, -0.2) is 4.79 Å². The van der Waals surface area contributed by atoms with Crippen molar-refractivity contribution in [3.05, 3.63) is 122 Å². The van der Waals surface area contributed by atoms with E-state index in [1.54, 1.807) is 0 Å². The fourth-order valence-corrected chi connectivity index (χ4v) is 10.5. The Hall–Kier alpha value is -4.31. The normalized spacial score (nSPS) is 13.4. The molecule has 1 N–H and O–H groups in total. The van der Waals surface area contributed by atoms with Crippen LogP contribution in [-0.4, -0.2) is 87.4 Å². The molecule has 0 aliphatic heterocycles. The summed E-state index contributed by atoms with van der Waals surface area (Å²) in [7, 11) is 5.97. The van der Waals surface area contributed by atoms with Gasteiger partial charge in [0.1, 0.15) is 13.2 Å². The van der Waals surface area contributed by atoms with Gasteiger partial charge in [-0.1, -0.05) is 341 Å². The summed E-state index contributed by atoms with van der Waals surface area (Å²) >= 11 is 0. The van der Waals surface area contributed by atoms with E-state index in [1.165, 1.54) is 167 Å². The maximum Gasteiger partial charge on any atom is 0.361 e. The molecule has 0 rings (SSSR count). The third-order valence-electron chi connectivity index (χ3n) is 16.2. The highest BCUT2D eigenvalue weighted by atomic mass is 16.7. The molecule has 0 aromatic carbocycles. The number of hydrogen-bond acceptors (Lipinski definition) is 7. The number of esters is 2. The lowest BCUT2D eigenvalue weighted by Crippen LogP contribution is -2.40. The van der Waals surface area contributed by atoms with E-state index in [4.69, 9.17) is 18.9 Å². The number of rotatable bonds is 69. The van der Waals surface area contributed by atoms with Crippen LogP contribution in [0.4, 0.5) is 0 Å². The molecule has 9 heteroatoms. The number of quaternary nitrogens is 1. The number of carboxylic acids is 1. The zero-order valence-electron chi connectivity index (χ0n) is 59.7. The second kappa shape index (κ2) is 71.5. The lowest BCUT2D eigenvalue weighted by Gasteiger charge is -2.25. The lowest BCUT2D eigenvalue weighted by atomic mass is 10.0. The Balaban J connectivity index is 4.15. The van der Waals surface area contributed by atoms with Crippen molar-refractivity contribution in [1.82, 2.24) is 0 Å². The quantitative estimate of drug-likeness (QED) is 0.0211. The molecule has 0 amide bonds. The van der Waals surface area contributed by atoms with Gasteiger partial charge in [0, 0.05) is 12.8 Å². The molecule has 0 aliphatic rings. The molecule has 522 valence electrons. The van der Waals surface area contributed by atoms with Crippen LogP contribution in [0.2, 0.25) is 0 Å². The summed E-state index contributed by atoms with van der Waals surface area (Å²) in [6.07, 6.45) is 99.0. The van der Waals surface area contributed by atoms with Crippen LogP contribution in [0.1, 0.15) is 322 Å². The maximum absolute atomic E-state index is 13.0. The summed E-state index contributed by atoms with van der Waals surface area (Å²) in [5, 5.41) is 9.76. The molecule has 0 bridgehead atoms. The third-order valence-corrected chi connectivity index (χ3v) is 16.2. The fraction of sp³-hybridized carbons (Fsp3) is 0.720. The standard InChI is InChI=1S/C82H141NO8/c1-6-8-10-12-14-16-18-20-22-24-26-28-30-32-34-36-37-38-39-40-41-42-43-45-47-49-51-53-55-57-59-61-63-65-67-69-71-73-80(85)91-78(77-90-82(81(86)87)88-75-74-83(3,4)5)76-89-79(84)72-70-68-66-64-62-60-58-56-54-52-50-48-46-44-35-33-31-29-27-25-23-21-19-17-15-13-11-9-7-2/h8,10,14,16,20,22,26,28,32,34,37-38,40-41,43,45,49,51,55,57,78,82H,6-7,9,11-13,15,17-19,21,23-25,27,29-31,33,35-36,39,42,44,46-48,50,52-54,56,58-77H2,1-5H3/p+1/b10-8-,16-14-,22-20-,28-26-,34-32-,38-37-,41-40-,45-43-,51-49-,57-55-. The second-order valence-electron chi connectivity index (χ2n) is 26.2. The SMILES string of the molecule is CC/C=C\C/C=C\C/C=C\C/C=C\C/C=C\C/C=C\C/C=C\C/C=C\C/C=C\C/C=C\CCCCCCCCC(=O)OC(COC(=O)CCCCCCCCCCCCCCCCCCCCCCCCCCCCCCC)COC(OCC[N+](C)(C)C)C(=O)O. The van der Waals surface area contributed by atoms with Crippen LogP contribution in [0.25, 0.3) is 0 Å². The molecule has 0 aromatic rings. The van der Waals surface area contributed by atoms with E-state index in [-0.39, 0.29) is 32.2 Å². The zero-order chi connectivity index (χ0) is 66.1. The van der Waals surface area contributed by atoms with Crippen LogP contribution in [0.3, 0.4) is 0 Å². The van der Waals surface area contributed by atoms with Gasteiger partial charge in [-0.15, -0.1) is 0 Å². The van der Waals surface area contributed by atoms with Gasteiger partial charge in [-0.3, -0.25) is 9.59 Å². The largest absolute Gasteiger partial charge is 0.477 e. The Labute approximate surface area is 561 Å². The number of carbonyl (C=O) groups excluding carboxylic acids is 2.